The normalized spacial score (nSPS) is 13.3. The van der Waals surface area contributed by atoms with Crippen LogP contribution in [-0.2, 0) is 19.3 Å². The summed E-state index contributed by atoms with van der Waals surface area (Å²) in [7, 11) is 0. The molecular weight excluding hydrogens is 582 g/mol. The van der Waals surface area contributed by atoms with Crippen LogP contribution in [0.2, 0.25) is 10.0 Å². The monoisotopic (exact) mass is 605 g/mol. The van der Waals surface area contributed by atoms with Gasteiger partial charge in [0.15, 0.2) is 5.69 Å². The van der Waals surface area contributed by atoms with E-state index in [1.807, 2.05) is 0 Å². The summed E-state index contributed by atoms with van der Waals surface area (Å²) in [5.41, 5.74) is 0.912. The summed E-state index contributed by atoms with van der Waals surface area (Å²) in [6.45, 7) is 1.94. The van der Waals surface area contributed by atoms with Gasteiger partial charge in [0.25, 0.3) is 0 Å². The second kappa shape index (κ2) is 11.6. The maximum Gasteiger partial charge on any atom is 0.435 e. The predicted molar refractivity (Wildman–Crippen MR) is 148 cm³/mol. The lowest BCUT2D eigenvalue weighted by atomic mass is 10.0. The quantitative estimate of drug-likeness (QED) is 0.195. The number of rotatable bonds is 10. The van der Waals surface area contributed by atoms with E-state index in [2.05, 4.69) is 10.1 Å². The van der Waals surface area contributed by atoms with E-state index < -0.39 is 17.8 Å². The standard InChI is InChI=1S/C29H24Cl2F3N3O4/c1-2-37(14-16-6-8-18(9-7-16)28(38)39)22-12-13-23(35-27(22)29(32,33)34)40-15-19-25(36-41-26(19)17-10-11-17)24-20(30)4-3-5-21(24)31/h3-9,12-13,17H,2,10-11,14-15H2,1H3,(H,38,39). The number of aromatic carboxylic acids is 1. The van der Waals surface area contributed by atoms with Crippen LogP contribution in [0, 0.1) is 0 Å². The van der Waals surface area contributed by atoms with Crippen LogP contribution in [0.5, 0.6) is 5.88 Å². The summed E-state index contributed by atoms with van der Waals surface area (Å²) in [5.74, 6) is -0.572. The van der Waals surface area contributed by atoms with Crippen molar-refractivity contribution in [3.63, 3.8) is 0 Å². The second-order valence-corrected chi connectivity index (χ2v) is 10.4. The van der Waals surface area contributed by atoms with Crippen molar-refractivity contribution in [2.45, 2.75) is 45.0 Å². The molecule has 0 amide bonds. The van der Waals surface area contributed by atoms with E-state index in [4.69, 9.17) is 37.6 Å². The zero-order chi connectivity index (χ0) is 29.3. The topological polar surface area (TPSA) is 88.7 Å². The van der Waals surface area contributed by atoms with Gasteiger partial charge in [0.1, 0.15) is 18.1 Å². The van der Waals surface area contributed by atoms with Crippen LogP contribution in [0.4, 0.5) is 18.9 Å². The number of benzene rings is 2. The number of hydrogen-bond acceptors (Lipinski definition) is 6. The summed E-state index contributed by atoms with van der Waals surface area (Å²) < 4.78 is 54.0. The maximum atomic E-state index is 14.2. The van der Waals surface area contributed by atoms with Gasteiger partial charge >= 0.3 is 12.1 Å². The highest BCUT2D eigenvalue weighted by Gasteiger charge is 2.38. The van der Waals surface area contributed by atoms with E-state index >= 15 is 0 Å². The third-order valence-electron chi connectivity index (χ3n) is 6.74. The Kier molecular flexibility index (Phi) is 8.15. The molecule has 0 atom stereocenters. The van der Waals surface area contributed by atoms with Gasteiger partial charge in [0.2, 0.25) is 5.88 Å². The predicted octanol–water partition coefficient (Wildman–Crippen LogP) is 8.24. The van der Waals surface area contributed by atoms with Crippen molar-refractivity contribution < 1.29 is 32.3 Å². The number of alkyl halides is 3. The molecule has 0 aliphatic heterocycles. The first-order valence-corrected chi connectivity index (χ1v) is 13.5. The van der Waals surface area contributed by atoms with Crippen LogP contribution in [0.3, 0.4) is 0 Å². The molecule has 0 radical (unpaired) electrons. The number of carboxylic acid groups (broad SMARTS) is 1. The Bertz CT molecular complexity index is 1550. The van der Waals surface area contributed by atoms with Crippen LogP contribution < -0.4 is 9.64 Å². The van der Waals surface area contributed by atoms with E-state index in [-0.39, 0.29) is 42.7 Å². The summed E-state index contributed by atoms with van der Waals surface area (Å²) in [6, 6.07) is 13.7. The van der Waals surface area contributed by atoms with Crippen molar-refractivity contribution in [2.24, 2.45) is 0 Å². The summed E-state index contributed by atoms with van der Waals surface area (Å²) >= 11 is 12.8. The summed E-state index contributed by atoms with van der Waals surface area (Å²) in [5, 5.41) is 14.0. The van der Waals surface area contributed by atoms with Crippen molar-refractivity contribution in [2.75, 3.05) is 11.4 Å². The maximum absolute atomic E-state index is 14.2. The van der Waals surface area contributed by atoms with Crippen LogP contribution >= 0.6 is 23.2 Å². The van der Waals surface area contributed by atoms with E-state index in [0.717, 1.165) is 12.8 Å². The number of nitrogens with zero attached hydrogens (tertiary/aromatic N) is 3. The molecule has 1 fully saturated rings. The second-order valence-electron chi connectivity index (χ2n) is 9.56. The first-order valence-electron chi connectivity index (χ1n) is 12.8. The van der Waals surface area contributed by atoms with E-state index in [1.54, 1.807) is 37.3 Å². The van der Waals surface area contributed by atoms with Crippen LogP contribution in [-0.4, -0.2) is 27.8 Å². The van der Waals surface area contributed by atoms with E-state index in [1.165, 1.54) is 29.2 Å². The smallest absolute Gasteiger partial charge is 0.435 e. The Morgan fingerprint density at radius 1 is 1.10 bits per heavy atom. The Balaban J connectivity index is 1.43. The van der Waals surface area contributed by atoms with Gasteiger partial charge in [-0.05, 0) is 55.7 Å². The third kappa shape index (κ3) is 6.28. The molecule has 7 nitrogen and oxygen atoms in total. The number of halogens is 5. The van der Waals surface area contributed by atoms with Gasteiger partial charge in [-0.3, -0.25) is 0 Å². The minimum Gasteiger partial charge on any atom is -0.478 e. The molecule has 2 heterocycles. The first-order chi connectivity index (χ1) is 19.6. The van der Waals surface area contributed by atoms with E-state index in [0.29, 0.717) is 38.2 Å². The van der Waals surface area contributed by atoms with Gasteiger partial charge < -0.3 is 19.3 Å². The lowest BCUT2D eigenvalue weighted by Crippen LogP contribution is -2.26. The zero-order valence-electron chi connectivity index (χ0n) is 21.7. The molecule has 5 rings (SSSR count). The van der Waals surface area contributed by atoms with Crippen molar-refractivity contribution in [3.8, 4) is 17.1 Å². The Labute approximate surface area is 243 Å². The van der Waals surface area contributed by atoms with E-state index in [9.17, 15) is 18.0 Å². The van der Waals surface area contributed by atoms with Crippen molar-refractivity contribution in [1.82, 2.24) is 10.1 Å². The lowest BCUT2D eigenvalue weighted by Gasteiger charge is -2.26. The number of aromatic nitrogens is 2. The molecule has 12 heteroatoms. The number of ether oxygens (including phenoxy) is 1. The van der Waals surface area contributed by atoms with Gasteiger partial charge in [0, 0.05) is 30.6 Å². The number of anilines is 1. The fourth-order valence-corrected chi connectivity index (χ4v) is 5.09. The van der Waals surface area contributed by atoms with Gasteiger partial charge in [-0.1, -0.05) is 46.6 Å². The molecule has 0 spiro atoms. The molecule has 1 aliphatic rings. The third-order valence-corrected chi connectivity index (χ3v) is 7.37. The highest BCUT2D eigenvalue weighted by atomic mass is 35.5. The molecule has 1 saturated carbocycles. The number of carbonyl (C=O) groups is 1. The molecule has 1 aliphatic carbocycles. The van der Waals surface area contributed by atoms with Crippen LogP contribution in [0.15, 0.2) is 59.1 Å². The average molecular weight is 606 g/mol. The average Bonchev–Trinajstić information content (AvgIpc) is 3.70. The fourth-order valence-electron chi connectivity index (χ4n) is 4.51. The number of carboxylic acids is 1. The Hall–Kier alpha value is -3.76. The molecule has 0 saturated heterocycles. The minimum atomic E-state index is -4.76. The summed E-state index contributed by atoms with van der Waals surface area (Å²) in [4.78, 5) is 16.5. The van der Waals surface area contributed by atoms with Crippen LogP contribution in [0.1, 0.15) is 58.6 Å². The molecule has 2 aromatic carbocycles. The molecule has 1 N–H and O–H groups in total. The van der Waals surface area contributed by atoms with Crippen molar-refractivity contribution in [1.29, 1.82) is 0 Å². The zero-order valence-corrected chi connectivity index (χ0v) is 23.2. The summed E-state index contributed by atoms with van der Waals surface area (Å²) in [6.07, 6.45) is -2.97. The molecule has 214 valence electrons. The Morgan fingerprint density at radius 2 is 1.78 bits per heavy atom. The van der Waals surface area contributed by atoms with Crippen LogP contribution in [0.25, 0.3) is 11.3 Å². The molecular formula is C29H24Cl2F3N3O4. The SMILES string of the molecule is CCN(Cc1ccc(C(=O)O)cc1)c1ccc(OCc2c(-c3c(Cl)cccc3Cl)noc2C2CC2)nc1C(F)(F)F. The molecule has 0 unspecified atom stereocenters. The highest BCUT2D eigenvalue weighted by Crippen LogP contribution is 2.46. The highest BCUT2D eigenvalue weighted by molar-refractivity contribution is 6.39. The Morgan fingerprint density at radius 3 is 2.37 bits per heavy atom. The minimum absolute atomic E-state index is 0.0913. The molecule has 2 aromatic heterocycles. The first kappa shape index (κ1) is 28.8. The van der Waals surface area contributed by atoms with Gasteiger partial charge in [-0.2, -0.15) is 13.2 Å². The molecule has 4 aromatic rings. The van der Waals surface area contributed by atoms with Crippen molar-refractivity contribution in [3.05, 3.63) is 92.8 Å². The fraction of sp³-hybridized carbons (Fsp3) is 0.276. The molecule has 0 bridgehead atoms. The molecule has 41 heavy (non-hydrogen) atoms. The van der Waals surface area contributed by atoms with Crippen molar-refractivity contribution >= 4 is 34.9 Å². The number of pyridine rings is 1. The van der Waals surface area contributed by atoms with Gasteiger partial charge in [-0.15, -0.1) is 0 Å². The largest absolute Gasteiger partial charge is 0.478 e. The van der Waals surface area contributed by atoms with Gasteiger partial charge in [0.05, 0.1) is 26.9 Å². The number of hydrogen-bond donors (Lipinski definition) is 1. The van der Waals surface area contributed by atoms with Gasteiger partial charge in [-0.25, -0.2) is 9.78 Å². The lowest BCUT2D eigenvalue weighted by molar-refractivity contribution is -0.140.